The quantitative estimate of drug-likeness (QED) is 0.599. The smallest absolute Gasteiger partial charge is 0.334 e. The molecule has 0 unspecified atom stereocenters. The van der Waals surface area contributed by atoms with Crippen molar-refractivity contribution in [2.24, 2.45) is 0 Å². The van der Waals surface area contributed by atoms with Gasteiger partial charge in [-0.2, -0.15) is 0 Å². The van der Waals surface area contributed by atoms with Crippen LogP contribution in [0.4, 0.5) is 0 Å². The highest BCUT2D eigenvalue weighted by Crippen LogP contribution is 2.01. The molecule has 0 aromatic carbocycles. The number of ether oxygens (including phenoxy) is 1. The molecule has 4 heteroatoms. The topological polar surface area (TPSA) is 38.3 Å². The number of carbonyl (C=O) groups excluding carboxylic acids is 1. The maximum Gasteiger partial charge on any atom is 0.334 e. The fourth-order valence-electron chi connectivity index (χ4n) is 0.600. The average Bonchev–Trinajstić information content (AvgIpc) is 2.09. The third-order valence-electron chi connectivity index (χ3n) is 1.07. The molecule has 0 fully saturated rings. The molecule has 0 spiro atoms. The van der Waals surface area contributed by atoms with Gasteiger partial charge in [-0.1, -0.05) is 6.08 Å². The molecule has 1 heterocycles. The van der Waals surface area contributed by atoms with Gasteiger partial charge in [0.1, 0.15) is 0 Å². The van der Waals surface area contributed by atoms with Gasteiger partial charge in [-0.3, -0.25) is 0 Å². The summed E-state index contributed by atoms with van der Waals surface area (Å²) < 4.78 is 33.9. The van der Waals surface area contributed by atoms with Crippen LogP contribution in [0.2, 0.25) is 0 Å². The summed E-state index contributed by atoms with van der Waals surface area (Å²) in [5, 5.41) is 2.30. The van der Waals surface area contributed by atoms with E-state index in [2.05, 4.69) is 10.1 Å². The molecule has 3 nitrogen and oxygen atoms in total. The first-order valence-electron chi connectivity index (χ1n) is 4.85. The molecule has 1 aliphatic rings. The largest absolute Gasteiger partial charge is 0.466 e. The highest BCUT2D eigenvalue weighted by Gasteiger charge is 2.10. The van der Waals surface area contributed by atoms with Gasteiger partial charge in [0.05, 0.1) is 7.11 Å². The van der Waals surface area contributed by atoms with Crippen LogP contribution in [0, 0.1) is 0 Å². The van der Waals surface area contributed by atoms with Crippen molar-refractivity contribution in [1.29, 1.82) is 0 Å². The summed E-state index contributed by atoms with van der Waals surface area (Å²) in [6.07, 6.45) is -0.759. The van der Waals surface area contributed by atoms with Gasteiger partial charge in [-0.15, -0.1) is 12.4 Å². The summed E-state index contributed by atoms with van der Waals surface area (Å²) in [4.78, 5) is 11.1. The number of hydrogen-bond donors (Lipinski definition) is 1. The van der Waals surface area contributed by atoms with Gasteiger partial charge in [0.15, 0.2) is 0 Å². The molecule has 64 valence electrons. The van der Waals surface area contributed by atoms with Gasteiger partial charge in [0.2, 0.25) is 0 Å². The first kappa shape index (κ1) is 5.17. The summed E-state index contributed by atoms with van der Waals surface area (Å²) in [6.45, 7) is -2.20. The van der Waals surface area contributed by atoms with Gasteiger partial charge in [-0.05, 0) is 12.9 Å². The first-order valence-corrected chi connectivity index (χ1v) is 2.85. The number of rotatable bonds is 1. The Hall–Kier alpha value is -0.540. The second-order valence-corrected chi connectivity index (χ2v) is 1.73. The Bertz CT molecular complexity index is 293. The molecule has 1 rings (SSSR count). The Labute approximate surface area is 77.8 Å². The zero-order valence-electron chi connectivity index (χ0n) is 10.0. The lowest BCUT2D eigenvalue weighted by molar-refractivity contribution is -0.136. The fourth-order valence-corrected chi connectivity index (χ4v) is 0.600. The highest BCUT2D eigenvalue weighted by atomic mass is 35.5. The van der Waals surface area contributed by atoms with Gasteiger partial charge < -0.3 is 10.1 Å². The summed E-state index contributed by atoms with van der Waals surface area (Å²) in [5.41, 5.74) is -0.323. The first-order chi connectivity index (χ1) is 6.28. The van der Waals surface area contributed by atoms with E-state index in [1.165, 1.54) is 0 Å². The summed E-state index contributed by atoms with van der Waals surface area (Å²) in [5.74, 6) is -0.855. The molecule has 0 saturated heterocycles. The van der Waals surface area contributed by atoms with Crippen LogP contribution in [0.15, 0.2) is 11.6 Å². The molecule has 1 N–H and O–H groups in total. The average molecular weight is 182 g/mol. The molecular weight excluding hydrogens is 166 g/mol. The van der Waals surface area contributed by atoms with E-state index in [1.807, 2.05) is 0 Å². The zero-order chi connectivity index (χ0) is 11.0. The van der Waals surface area contributed by atoms with E-state index in [9.17, 15) is 4.79 Å². The Balaban J connectivity index is 0.00000196. The van der Waals surface area contributed by atoms with Crippen LogP contribution in [0.25, 0.3) is 0 Å². The third-order valence-corrected chi connectivity index (χ3v) is 1.07. The van der Waals surface area contributed by atoms with E-state index in [1.54, 1.807) is 0 Å². The van der Waals surface area contributed by atoms with Gasteiger partial charge in [-0.25, -0.2) is 4.79 Å². The van der Waals surface area contributed by atoms with Crippen molar-refractivity contribution in [2.45, 2.75) is 6.37 Å². The Morgan fingerprint density at radius 2 is 2.64 bits per heavy atom. The molecule has 0 aliphatic carbocycles. The Morgan fingerprint density at radius 1 is 1.91 bits per heavy atom. The van der Waals surface area contributed by atoms with E-state index in [4.69, 9.17) is 5.48 Å². The number of nitrogens with one attached hydrogen (secondary N) is 1. The second kappa shape index (κ2) is 5.16. The summed E-state index contributed by atoms with van der Waals surface area (Å²) in [6, 6.07) is 0. The maximum absolute atomic E-state index is 11.1. The van der Waals surface area contributed by atoms with E-state index in [0.717, 1.165) is 13.2 Å². The van der Waals surface area contributed by atoms with Crippen molar-refractivity contribution in [3.8, 4) is 0 Å². The van der Waals surface area contributed by atoms with Gasteiger partial charge >= 0.3 is 5.97 Å². The SMILES string of the molecule is Cl.[2H]C1([2H])C=C(C(=O)OC)C([2H])([2H])NC1. The predicted octanol–water partition coefficient (Wildman–Crippen LogP) is 0.501. The minimum Gasteiger partial charge on any atom is -0.466 e. The molecule has 0 bridgehead atoms. The minimum absolute atomic E-state index is 0. The number of esters is 1. The zero-order valence-corrected chi connectivity index (χ0v) is 6.83. The molecule has 1 aliphatic heterocycles. The lowest BCUT2D eigenvalue weighted by Gasteiger charge is -2.11. The number of carbonyl (C=O) groups is 1. The lowest BCUT2D eigenvalue weighted by atomic mass is 10.1. The molecule has 0 atom stereocenters. The number of hydrogen-bond acceptors (Lipinski definition) is 3. The maximum atomic E-state index is 11.1. The van der Waals surface area contributed by atoms with Crippen molar-refractivity contribution >= 4 is 18.4 Å². The van der Waals surface area contributed by atoms with Crippen molar-refractivity contribution in [2.75, 3.05) is 20.2 Å². The van der Waals surface area contributed by atoms with Crippen LogP contribution in [0.3, 0.4) is 0 Å². The van der Waals surface area contributed by atoms with Crippen LogP contribution in [-0.2, 0) is 9.53 Å². The summed E-state index contributed by atoms with van der Waals surface area (Å²) >= 11 is 0. The Kier molecular flexibility index (Phi) is 2.42. The number of halogens is 1. The lowest BCUT2D eigenvalue weighted by Crippen LogP contribution is -2.26. The fraction of sp³-hybridized carbons (Fsp3) is 0.571. The third kappa shape index (κ3) is 2.91. The highest BCUT2D eigenvalue weighted by molar-refractivity contribution is 5.88. The van der Waals surface area contributed by atoms with Gasteiger partial charge in [0.25, 0.3) is 0 Å². The van der Waals surface area contributed by atoms with Crippen molar-refractivity contribution in [3.05, 3.63) is 11.6 Å². The van der Waals surface area contributed by atoms with Crippen LogP contribution in [0.1, 0.15) is 11.9 Å². The molecule has 0 radical (unpaired) electrons. The molecule has 0 amide bonds. The second-order valence-electron chi connectivity index (χ2n) is 1.73. The molecule has 0 aromatic heterocycles. The van der Waals surface area contributed by atoms with E-state index in [0.29, 0.717) is 0 Å². The van der Waals surface area contributed by atoms with E-state index < -0.39 is 18.8 Å². The minimum atomic E-state index is -2.03. The molecule has 0 saturated carbocycles. The normalized spacial score (nSPS) is 30.8. The number of methoxy groups -OCH3 is 1. The van der Waals surface area contributed by atoms with E-state index >= 15 is 0 Å². The molecule has 11 heavy (non-hydrogen) atoms. The van der Waals surface area contributed by atoms with Crippen molar-refractivity contribution in [1.82, 2.24) is 5.32 Å². The molecular formula is C7H12ClNO2. The van der Waals surface area contributed by atoms with Crippen LogP contribution in [0.5, 0.6) is 0 Å². The van der Waals surface area contributed by atoms with Gasteiger partial charge in [0, 0.05) is 17.6 Å². The van der Waals surface area contributed by atoms with Crippen LogP contribution in [-0.4, -0.2) is 26.1 Å². The van der Waals surface area contributed by atoms with Crippen molar-refractivity contribution in [3.63, 3.8) is 0 Å². The van der Waals surface area contributed by atoms with Crippen molar-refractivity contribution < 1.29 is 15.0 Å². The Morgan fingerprint density at radius 3 is 3.27 bits per heavy atom. The monoisotopic (exact) mass is 181 g/mol. The standard InChI is InChI=1S/C7H11NO2.ClH/c1-10-7(9)6-3-2-4-8-5-6;/h3,8H,2,4-5H2,1H3;1H/i2D2,5D2;. The van der Waals surface area contributed by atoms with E-state index in [-0.39, 0.29) is 24.5 Å². The van der Waals surface area contributed by atoms with Crippen LogP contribution >= 0.6 is 12.4 Å². The van der Waals surface area contributed by atoms with Crippen LogP contribution < -0.4 is 5.32 Å². The molecule has 0 aromatic rings. The predicted molar refractivity (Wildman–Crippen MR) is 44.8 cm³/mol. The summed E-state index contributed by atoms with van der Waals surface area (Å²) in [7, 11) is 1.13.